The molecule has 0 amide bonds. The zero-order valence-electron chi connectivity index (χ0n) is 12.7. The Morgan fingerprint density at radius 1 is 1.16 bits per heavy atom. The predicted molar refractivity (Wildman–Crippen MR) is 92.6 cm³/mol. The van der Waals surface area contributed by atoms with Crippen molar-refractivity contribution in [3.8, 4) is 0 Å². The molecule has 0 saturated heterocycles. The van der Waals surface area contributed by atoms with E-state index < -0.39 is 16.0 Å². The molecular formula is C16H10Cl2NO5S-. The number of fused-ring (bicyclic) bond motifs is 1. The number of hydrogen-bond donors (Lipinski definition) is 1. The van der Waals surface area contributed by atoms with Gasteiger partial charge in [-0.2, -0.15) is 0 Å². The molecule has 130 valence electrons. The number of carbonyl (C=O) groups excluding carboxylic acids is 1. The van der Waals surface area contributed by atoms with E-state index in [-0.39, 0.29) is 37.3 Å². The van der Waals surface area contributed by atoms with Crippen molar-refractivity contribution >= 4 is 55.9 Å². The Balaban J connectivity index is 2.07. The van der Waals surface area contributed by atoms with E-state index in [4.69, 9.17) is 27.6 Å². The van der Waals surface area contributed by atoms with E-state index in [1.54, 1.807) is 0 Å². The molecule has 0 spiro atoms. The van der Waals surface area contributed by atoms with Gasteiger partial charge in [-0.1, -0.05) is 23.2 Å². The minimum atomic E-state index is -4.02. The molecule has 0 aliphatic heterocycles. The maximum Gasteiger partial charge on any atom is 0.263 e. The van der Waals surface area contributed by atoms with E-state index in [0.29, 0.717) is 5.58 Å². The van der Waals surface area contributed by atoms with Crippen LogP contribution >= 0.6 is 23.2 Å². The van der Waals surface area contributed by atoms with Crippen molar-refractivity contribution in [1.82, 2.24) is 0 Å². The van der Waals surface area contributed by atoms with Crippen LogP contribution in [0.2, 0.25) is 10.0 Å². The third-order valence-electron chi connectivity index (χ3n) is 3.50. The summed E-state index contributed by atoms with van der Waals surface area (Å²) in [7, 11) is -4.02. The first kappa shape index (κ1) is 17.6. The summed E-state index contributed by atoms with van der Waals surface area (Å²) in [6, 6.07) is 8.32. The van der Waals surface area contributed by atoms with E-state index in [9.17, 15) is 18.3 Å². The SMILES string of the molecule is Cc1oc2ccc(NS(=O)(=O)c3cc(Cl)ccc3Cl)cc2c1C(=O)[O-]. The van der Waals surface area contributed by atoms with Gasteiger partial charge in [0.05, 0.1) is 11.0 Å². The second-order valence-corrected chi connectivity index (χ2v) is 7.71. The minimum Gasteiger partial charge on any atom is -0.545 e. The first-order valence-corrected chi connectivity index (χ1v) is 9.15. The van der Waals surface area contributed by atoms with Gasteiger partial charge in [0.15, 0.2) is 0 Å². The van der Waals surface area contributed by atoms with E-state index in [1.165, 1.54) is 43.3 Å². The van der Waals surface area contributed by atoms with Crippen molar-refractivity contribution in [1.29, 1.82) is 0 Å². The van der Waals surface area contributed by atoms with Gasteiger partial charge in [-0.05, 0) is 43.3 Å². The molecule has 0 radical (unpaired) electrons. The third kappa shape index (κ3) is 3.30. The van der Waals surface area contributed by atoms with Gasteiger partial charge in [0.1, 0.15) is 16.2 Å². The summed E-state index contributed by atoms with van der Waals surface area (Å²) in [6.45, 7) is 1.49. The molecule has 6 nitrogen and oxygen atoms in total. The average molecular weight is 399 g/mol. The van der Waals surface area contributed by atoms with Crippen molar-refractivity contribution in [3.05, 3.63) is 57.8 Å². The highest BCUT2D eigenvalue weighted by Crippen LogP contribution is 2.30. The van der Waals surface area contributed by atoms with Gasteiger partial charge in [0.2, 0.25) is 0 Å². The van der Waals surface area contributed by atoms with Gasteiger partial charge in [-0.15, -0.1) is 0 Å². The molecule has 1 aromatic heterocycles. The second-order valence-electron chi connectivity index (χ2n) is 5.21. The highest BCUT2D eigenvalue weighted by Gasteiger charge is 2.20. The average Bonchev–Trinajstić information content (AvgIpc) is 2.84. The van der Waals surface area contributed by atoms with Crippen LogP contribution in [0.1, 0.15) is 16.1 Å². The summed E-state index contributed by atoms with van der Waals surface area (Å²) in [5, 5.41) is 11.7. The summed E-state index contributed by atoms with van der Waals surface area (Å²) in [5.74, 6) is -1.23. The number of sulfonamides is 1. The van der Waals surface area contributed by atoms with E-state index in [1.807, 2.05) is 0 Å². The summed E-state index contributed by atoms with van der Waals surface area (Å²) >= 11 is 11.8. The summed E-state index contributed by atoms with van der Waals surface area (Å²) in [4.78, 5) is 11.1. The van der Waals surface area contributed by atoms with Crippen molar-refractivity contribution in [2.24, 2.45) is 0 Å². The molecule has 1 heterocycles. The van der Waals surface area contributed by atoms with Crippen molar-refractivity contribution in [3.63, 3.8) is 0 Å². The fourth-order valence-electron chi connectivity index (χ4n) is 2.43. The standard InChI is InChI=1S/C16H11Cl2NO5S/c1-8-15(16(20)21)11-7-10(3-5-13(11)24-8)19-25(22,23)14-6-9(17)2-4-12(14)18/h2-7,19H,1H3,(H,20,21)/p-1. The van der Waals surface area contributed by atoms with Gasteiger partial charge in [-0.3, -0.25) is 4.72 Å². The zero-order chi connectivity index (χ0) is 18.4. The molecule has 25 heavy (non-hydrogen) atoms. The van der Waals surface area contributed by atoms with E-state index in [2.05, 4.69) is 4.72 Å². The number of carboxylic acid groups (broad SMARTS) is 1. The van der Waals surface area contributed by atoms with Crippen LogP contribution in [0, 0.1) is 6.92 Å². The number of aryl methyl sites for hydroxylation is 1. The lowest BCUT2D eigenvalue weighted by atomic mass is 10.1. The molecule has 1 N–H and O–H groups in total. The van der Waals surface area contributed by atoms with Gasteiger partial charge >= 0.3 is 0 Å². The number of anilines is 1. The predicted octanol–water partition coefficient (Wildman–Crippen LogP) is 3.21. The number of rotatable bonds is 4. The highest BCUT2D eigenvalue weighted by atomic mass is 35.5. The van der Waals surface area contributed by atoms with E-state index >= 15 is 0 Å². The number of carbonyl (C=O) groups is 1. The lowest BCUT2D eigenvalue weighted by molar-refractivity contribution is -0.254. The summed E-state index contributed by atoms with van der Waals surface area (Å²) < 4.78 is 32.7. The molecule has 3 rings (SSSR count). The van der Waals surface area contributed by atoms with Crippen LogP contribution in [0.15, 0.2) is 45.7 Å². The minimum absolute atomic E-state index is 0.00700. The van der Waals surface area contributed by atoms with Crippen LogP contribution in [0.3, 0.4) is 0 Å². The van der Waals surface area contributed by atoms with Gasteiger partial charge in [0.25, 0.3) is 10.0 Å². The monoisotopic (exact) mass is 398 g/mol. The van der Waals surface area contributed by atoms with Crippen LogP contribution in [0.25, 0.3) is 11.0 Å². The normalized spacial score (nSPS) is 11.6. The molecule has 0 aliphatic rings. The molecule has 0 fully saturated rings. The van der Waals surface area contributed by atoms with Gasteiger partial charge in [-0.25, -0.2) is 8.42 Å². The molecule has 0 aliphatic carbocycles. The van der Waals surface area contributed by atoms with Crippen LogP contribution < -0.4 is 9.83 Å². The lowest BCUT2D eigenvalue weighted by Crippen LogP contribution is -2.22. The summed E-state index contributed by atoms with van der Waals surface area (Å²) in [6.07, 6.45) is 0. The fraction of sp³-hybridized carbons (Fsp3) is 0.0625. The number of aromatic carboxylic acids is 1. The molecular weight excluding hydrogens is 389 g/mol. The Hall–Kier alpha value is -2.22. The highest BCUT2D eigenvalue weighted by molar-refractivity contribution is 7.92. The lowest BCUT2D eigenvalue weighted by Gasteiger charge is -2.10. The second kappa shape index (κ2) is 6.25. The Morgan fingerprint density at radius 3 is 2.56 bits per heavy atom. The number of benzene rings is 2. The fourth-order valence-corrected chi connectivity index (χ4v) is 4.24. The van der Waals surface area contributed by atoms with Crippen molar-refractivity contribution in [2.45, 2.75) is 11.8 Å². The molecule has 0 atom stereocenters. The quantitative estimate of drug-likeness (QED) is 0.726. The third-order valence-corrected chi connectivity index (χ3v) is 5.60. The van der Waals surface area contributed by atoms with Crippen LogP contribution in [0.4, 0.5) is 5.69 Å². The molecule has 9 heteroatoms. The number of hydrogen-bond acceptors (Lipinski definition) is 5. The summed E-state index contributed by atoms with van der Waals surface area (Å²) in [5.41, 5.74) is 0.323. The number of carboxylic acids is 1. The number of halogens is 2. The van der Waals surface area contributed by atoms with Crippen LogP contribution in [-0.2, 0) is 10.0 Å². The van der Waals surface area contributed by atoms with Gasteiger partial charge in [0, 0.05) is 21.7 Å². The largest absolute Gasteiger partial charge is 0.545 e. The maximum atomic E-state index is 12.5. The van der Waals surface area contributed by atoms with Crippen LogP contribution in [0.5, 0.6) is 0 Å². The topological polar surface area (TPSA) is 99.4 Å². The number of nitrogens with one attached hydrogen (secondary N) is 1. The smallest absolute Gasteiger partial charge is 0.263 e. The Bertz CT molecular complexity index is 1110. The molecule has 0 unspecified atom stereocenters. The molecule has 3 aromatic rings. The van der Waals surface area contributed by atoms with E-state index in [0.717, 1.165) is 0 Å². The maximum absolute atomic E-state index is 12.5. The van der Waals surface area contributed by atoms with Crippen molar-refractivity contribution in [2.75, 3.05) is 4.72 Å². The van der Waals surface area contributed by atoms with Crippen molar-refractivity contribution < 1.29 is 22.7 Å². The molecule has 0 saturated carbocycles. The number of furan rings is 1. The Labute approximate surface area is 153 Å². The van der Waals surface area contributed by atoms with Gasteiger partial charge < -0.3 is 14.3 Å². The van der Waals surface area contributed by atoms with Crippen LogP contribution in [-0.4, -0.2) is 14.4 Å². The first-order valence-electron chi connectivity index (χ1n) is 6.91. The molecule has 2 aromatic carbocycles. The molecule has 0 bridgehead atoms. The Kier molecular flexibility index (Phi) is 4.40. The first-order chi connectivity index (χ1) is 11.7. The zero-order valence-corrected chi connectivity index (χ0v) is 15.0. The Morgan fingerprint density at radius 2 is 1.88 bits per heavy atom.